The lowest BCUT2D eigenvalue weighted by Gasteiger charge is -2.09. The van der Waals surface area contributed by atoms with Gasteiger partial charge in [0.15, 0.2) is 5.75 Å². The number of nitrogens with zero attached hydrogens (tertiary/aromatic N) is 2. The van der Waals surface area contributed by atoms with E-state index in [2.05, 4.69) is 42.4 Å². The van der Waals surface area contributed by atoms with Crippen molar-refractivity contribution in [1.82, 2.24) is 5.43 Å². The highest BCUT2D eigenvalue weighted by atomic mass is 79.9. The molecule has 0 bridgehead atoms. The summed E-state index contributed by atoms with van der Waals surface area (Å²) < 4.78 is 12.0. The highest BCUT2D eigenvalue weighted by molar-refractivity contribution is 9.11. The van der Waals surface area contributed by atoms with Crippen molar-refractivity contribution in [2.45, 2.75) is 13.2 Å². The molecule has 1 N–H and O–H groups in total. The first kappa shape index (κ1) is 25.4. The molecule has 1 heterocycles. The van der Waals surface area contributed by atoms with Crippen LogP contribution in [-0.2, 0) is 22.7 Å². The number of carbonyl (C=O) groups is 2. The molecule has 182 valence electrons. The summed E-state index contributed by atoms with van der Waals surface area (Å²) in [7, 11) is 0. The average Bonchev–Trinajstić information content (AvgIpc) is 3.33. The number of non-ortho nitro benzene ring substituents is 1. The number of nitrogens with one attached hydrogen (secondary N) is 1. The van der Waals surface area contributed by atoms with Crippen molar-refractivity contribution in [3.63, 3.8) is 0 Å². The number of rotatable bonds is 7. The molecule has 0 saturated carbocycles. The van der Waals surface area contributed by atoms with E-state index in [0.29, 0.717) is 38.8 Å². The fourth-order valence-electron chi connectivity index (χ4n) is 3.33. The minimum absolute atomic E-state index is 0.0465. The molecule has 1 aliphatic rings. The topological polar surface area (TPSA) is 120 Å². The molecule has 0 saturated heterocycles. The van der Waals surface area contributed by atoms with Crippen LogP contribution in [0.4, 0.5) is 5.69 Å². The number of halogens is 2. The number of nitro groups is 1. The lowest BCUT2D eigenvalue weighted by molar-refractivity contribution is -0.384. The summed E-state index contributed by atoms with van der Waals surface area (Å²) in [5, 5.41) is 14.8. The molecular formula is C25H17Br2N3O6. The number of fused-ring (bicyclic) bond motifs is 1. The van der Waals surface area contributed by atoms with Crippen LogP contribution in [0.1, 0.15) is 32.6 Å². The van der Waals surface area contributed by atoms with Gasteiger partial charge in [0.2, 0.25) is 0 Å². The standard InChI is InChI=1S/C25H17Br2N3O6/c26-20-10-18(12-28-29-25(32)16-4-5-17-13-35-14-19(17)9-16)24(22(27)11-20)36-23(31)8-3-15-1-6-21(7-2-15)30(33)34/h1-12H,13-14H2,(H,29,32)/b8-3+,28-12?. The van der Waals surface area contributed by atoms with Crippen molar-refractivity contribution >= 4 is 61.7 Å². The Morgan fingerprint density at radius 3 is 2.56 bits per heavy atom. The van der Waals surface area contributed by atoms with E-state index in [1.54, 1.807) is 24.3 Å². The van der Waals surface area contributed by atoms with Crippen molar-refractivity contribution in [2.75, 3.05) is 0 Å². The van der Waals surface area contributed by atoms with E-state index in [9.17, 15) is 19.7 Å². The molecule has 3 aromatic carbocycles. The highest BCUT2D eigenvalue weighted by Gasteiger charge is 2.15. The number of hydrazone groups is 1. The largest absolute Gasteiger partial charge is 0.421 e. The molecule has 11 heteroatoms. The lowest BCUT2D eigenvalue weighted by atomic mass is 10.1. The number of benzene rings is 3. The van der Waals surface area contributed by atoms with Gasteiger partial charge in [0.1, 0.15) is 0 Å². The number of ether oxygens (including phenoxy) is 2. The van der Waals surface area contributed by atoms with E-state index in [-0.39, 0.29) is 17.3 Å². The molecule has 0 aromatic heterocycles. The number of hydrogen-bond donors (Lipinski definition) is 1. The van der Waals surface area contributed by atoms with Crippen LogP contribution in [0.5, 0.6) is 5.75 Å². The Kier molecular flexibility index (Phi) is 8.04. The first-order chi connectivity index (χ1) is 17.3. The maximum Gasteiger partial charge on any atom is 0.336 e. The van der Waals surface area contributed by atoms with Crippen LogP contribution in [0.15, 0.2) is 74.7 Å². The van der Waals surface area contributed by atoms with Crippen molar-refractivity contribution in [2.24, 2.45) is 5.10 Å². The van der Waals surface area contributed by atoms with E-state index in [1.165, 1.54) is 42.6 Å². The van der Waals surface area contributed by atoms with E-state index < -0.39 is 10.9 Å². The first-order valence-electron chi connectivity index (χ1n) is 10.5. The fourth-order valence-corrected chi connectivity index (χ4v) is 4.67. The van der Waals surface area contributed by atoms with Gasteiger partial charge in [-0.3, -0.25) is 14.9 Å². The maximum absolute atomic E-state index is 12.5. The van der Waals surface area contributed by atoms with Crippen molar-refractivity contribution in [1.29, 1.82) is 0 Å². The molecule has 36 heavy (non-hydrogen) atoms. The summed E-state index contributed by atoms with van der Waals surface area (Å²) in [6.45, 7) is 1.01. The van der Waals surface area contributed by atoms with Gasteiger partial charge in [-0.2, -0.15) is 5.10 Å². The van der Waals surface area contributed by atoms with Gasteiger partial charge in [-0.1, -0.05) is 22.0 Å². The second kappa shape index (κ2) is 11.4. The summed E-state index contributed by atoms with van der Waals surface area (Å²) in [6.07, 6.45) is 4.05. The van der Waals surface area contributed by atoms with Crippen LogP contribution in [0.2, 0.25) is 0 Å². The quantitative estimate of drug-likeness (QED) is 0.0933. The Bertz CT molecular complexity index is 1400. The van der Waals surface area contributed by atoms with E-state index in [0.717, 1.165) is 11.1 Å². The number of hydrogen-bond acceptors (Lipinski definition) is 7. The first-order valence-corrected chi connectivity index (χ1v) is 12.0. The molecule has 9 nitrogen and oxygen atoms in total. The zero-order valence-corrected chi connectivity index (χ0v) is 21.6. The Morgan fingerprint density at radius 1 is 1.06 bits per heavy atom. The third-order valence-electron chi connectivity index (χ3n) is 5.11. The summed E-state index contributed by atoms with van der Waals surface area (Å²) in [6, 6.07) is 14.4. The summed E-state index contributed by atoms with van der Waals surface area (Å²) in [5.41, 5.74) is 5.93. The summed E-state index contributed by atoms with van der Waals surface area (Å²) in [4.78, 5) is 35.2. The molecule has 0 fully saturated rings. The Balaban J connectivity index is 1.45. The van der Waals surface area contributed by atoms with Gasteiger partial charge in [-0.05, 0) is 75.1 Å². The van der Waals surface area contributed by atoms with Crippen molar-refractivity contribution < 1.29 is 24.0 Å². The van der Waals surface area contributed by atoms with Gasteiger partial charge < -0.3 is 9.47 Å². The minimum Gasteiger partial charge on any atom is -0.421 e. The molecule has 4 rings (SSSR count). The van der Waals surface area contributed by atoms with E-state index in [1.807, 2.05) is 6.07 Å². The molecule has 0 aliphatic carbocycles. The van der Waals surface area contributed by atoms with Gasteiger partial charge in [-0.15, -0.1) is 0 Å². The molecule has 0 radical (unpaired) electrons. The smallest absolute Gasteiger partial charge is 0.336 e. The second-order valence-electron chi connectivity index (χ2n) is 7.58. The predicted octanol–water partition coefficient (Wildman–Crippen LogP) is 5.53. The van der Waals surface area contributed by atoms with E-state index >= 15 is 0 Å². The van der Waals surface area contributed by atoms with E-state index in [4.69, 9.17) is 9.47 Å². The molecule has 0 spiro atoms. The molecule has 3 aromatic rings. The number of esters is 1. The van der Waals surface area contributed by atoms with Gasteiger partial charge in [0, 0.05) is 33.8 Å². The number of carbonyl (C=O) groups excluding carboxylic acids is 2. The molecule has 0 atom stereocenters. The van der Waals surface area contributed by atoms with Crippen LogP contribution in [0.25, 0.3) is 6.08 Å². The summed E-state index contributed by atoms with van der Waals surface area (Å²) >= 11 is 6.76. The lowest BCUT2D eigenvalue weighted by Crippen LogP contribution is -2.18. The number of nitro benzene ring substituents is 1. The molecular weight excluding hydrogens is 598 g/mol. The monoisotopic (exact) mass is 613 g/mol. The van der Waals surface area contributed by atoms with Crippen LogP contribution in [0, 0.1) is 10.1 Å². The van der Waals surface area contributed by atoms with Crippen LogP contribution in [0.3, 0.4) is 0 Å². The Labute approximate surface area is 222 Å². The second-order valence-corrected chi connectivity index (χ2v) is 9.35. The third-order valence-corrected chi connectivity index (χ3v) is 6.16. The van der Waals surface area contributed by atoms with Crippen LogP contribution in [-0.4, -0.2) is 23.0 Å². The van der Waals surface area contributed by atoms with Gasteiger partial charge in [0.05, 0.1) is 28.8 Å². The normalized spacial score (nSPS) is 12.6. The van der Waals surface area contributed by atoms with Gasteiger partial charge in [0.25, 0.3) is 11.6 Å². The summed E-state index contributed by atoms with van der Waals surface area (Å²) in [5.74, 6) is -0.862. The molecule has 1 aliphatic heterocycles. The zero-order chi connectivity index (χ0) is 25.7. The van der Waals surface area contributed by atoms with Crippen molar-refractivity contribution in [3.8, 4) is 5.75 Å². The average molecular weight is 615 g/mol. The molecule has 0 unspecified atom stereocenters. The van der Waals surface area contributed by atoms with Gasteiger partial charge in [-0.25, -0.2) is 10.2 Å². The molecule has 1 amide bonds. The number of amides is 1. The zero-order valence-electron chi connectivity index (χ0n) is 18.4. The van der Waals surface area contributed by atoms with Crippen LogP contribution >= 0.6 is 31.9 Å². The maximum atomic E-state index is 12.5. The Hall–Kier alpha value is -3.67. The van der Waals surface area contributed by atoms with Crippen LogP contribution < -0.4 is 10.2 Å². The van der Waals surface area contributed by atoms with Crippen molar-refractivity contribution in [3.05, 3.63) is 108 Å². The third kappa shape index (κ3) is 6.30. The SMILES string of the molecule is O=C(/C=C/c1ccc([N+](=O)[O-])cc1)Oc1c(Br)cc(Br)cc1C=NNC(=O)c1ccc2c(c1)COC2. The highest BCUT2D eigenvalue weighted by Crippen LogP contribution is 2.32. The fraction of sp³-hybridized carbons (Fsp3) is 0.0800. The Morgan fingerprint density at radius 2 is 1.81 bits per heavy atom. The minimum atomic E-state index is -0.671. The van der Waals surface area contributed by atoms with Gasteiger partial charge >= 0.3 is 5.97 Å². The predicted molar refractivity (Wildman–Crippen MR) is 140 cm³/mol.